The number of H-pyrrole nitrogens is 3. The highest BCUT2D eigenvalue weighted by molar-refractivity contribution is 6.32. The molecule has 0 bridgehead atoms. The second-order valence-electron chi connectivity index (χ2n) is 8.11. The maximum absolute atomic E-state index is 12.7. The molecule has 1 amide bonds. The van der Waals surface area contributed by atoms with Gasteiger partial charge < -0.3 is 25.4 Å². The van der Waals surface area contributed by atoms with E-state index < -0.39 is 11.6 Å². The summed E-state index contributed by atoms with van der Waals surface area (Å²) in [4.78, 5) is 42.2. The predicted molar refractivity (Wildman–Crippen MR) is 137 cm³/mol. The number of para-hydroxylation sites is 1. The lowest BCUT2D eigenvalue weighted by Gasteiger charge is -2.16. The van der Waals surface area contributed by atoms with Crippen LogP contribution in [0.15, 0.2) is 78.0 Å². The zero-order chi connectivity index (χ0) is 25.1. The number of halogens is 1. The number of imidazole rings is 2. The largest absolute Gasteiger partial charge is 0.507 e. The first-order chi connectivity index (χ1) is 17.5. The van der Waals surface area contributed by atoms with Gasteiger partial charge in [-0.15, -0.1) is 0 Å². The fraction of sp³-hybridized carbons (Fsp3) is 0.0769. The Morgan fingerprint density at radius 3 is 2.75 bits per heavy atom. The molecule has 9 nitrogen and oxygen atoms in total. The number of nitrogens with zero attached hydrogens (tertiary/aromatic N) is 2. The zero-order valence-electron chi connectivity index (χ0n) is 18.8. The molecule has 0 saturated heterocycles. The average Bonchev–Trinajstić information content (AvgIpc) is 3.52. The molecule has 1 unspecified atom stereocenters. The standard InChI is InChI=1S/C26H21ClN6O3/c27-25-24(18-8-4-7-17-20(34)12-22(36)31-23(17)18)32-26(33-25)19(11-15-5-2-1-3-6-15)30-21(35)10-9-16-13-28-14-29-16/h1-10,12-14,19H,11H2,(H,28,29)(H,30,35)(H,32,33)(H2,31,34,36)/b10-9+. The van der Waals surface area contributed by atoms with Crippen LogP contribution in [0.2, 0.25) is 5.15 Å². The molecule has 5 aromatic rings. The number of hydrogen-bond acceptors (Lipinski definition) is 5. The van der Waals surface area contributed by atoms with E-state index in [2.05, 4.69) is 25.3 Å². The number of aromatic amines is 3. The van der Waals surface area contributed by atoms with Crippen LogP contribution in [-0.4, -0.2) is 35.9 Å². The smallest absolute Gasteiger partial charge is 0.252 e. The predicted octanol–water partition coefficient (Wildman–Crippen LogP) is 4.11. The summed E-state index contributed by atoms with van der Waals surface area (Å²) in [6.45, 7) is 0. The number of rotatable bonds is 7. The highest BCUT2D eigenvalue weighted by Crippen LogP contribution is 2.34. The Balaban J connectivity index is 1.51. The van der Waals surface area contributed by atoms with E-state index in [1.807, 2.05) is 30.3 Å². The maximum atomic E-state index is 12.7. The summed E-state index contributed by atoms with van der Waals surface area (Å²) in [6, 6.07) is 15.5. The first kappa shape index (κ1) is 23.1. The van der Waals surface area contributed by atoms with Crippen LogP contribution in [0.25, 0.3) is 28.2 Å². The molecule has 5 N–H and O–H groups in total. The van der Waals surface area contributed by atoms with Crippen LogP contribution in [0.1, 0.15) is 23.1 Å². The van der Waals surface area contributed by atoms with Crippen LogP contribution >= 0.6 is 11.6 Å². The van der Waals surface area contributed by atoms with Crippen LogP contribution in [0.5, 0.6) is 5.75 Å². The number of hydrogen-bond donors (Lipinski definition) is 5. The summed E-state index contributed by atoms with van der Waals surface area (Å²) in [5, 5.41) is 13.9. The Morgan fingerprint density at radius 1 is 1.14 bits per heavy atom. The number of aromatic nitrogens is 5. The maximum Gasteiger partial charge on any atom is 0.252 e. The molecule has 0 saturated carbocycles. The Labute approximate surface area is 209 Å². The molecule has 3 aromatic heterocycles. The van der Waals surface area contributed by atoms with E-state index in [0.717, 1.165) is 11.6 Å². The van der Waals surface area contributed by atoms with Gasteiger partial charge in [-0.1, -0.05) is 54.1 Å². The molecule has 0 aliphatic rings. The van der Waals surface area contributed by atoms with E-state index in [4.69, 9.17) is 16.6 Å². The highest BCUT2D eigenvalue weighted by atomic mass is 35.5. The third-order valence-electron chi connectivity index (χ3n) is 5.64. The average molecular weight is 501 g/mol. The third kappa shape index (κ3) is 4.91. The van der Waals surface area contributed by atoms with Gasteiger partial charge in [0.05, 0.1) is 23.6 Å². The van der Waals surface area contributed by atoms with Crippen molar-refractivity contribution in [1.82, 2.24) is 30.2 Å². The molecule has 1 atom stereocenters. The minimum atomic E-state index is -0.530. The number of carbonyl (C=O) groups excluding carboxylic acids is 1. The van der Waals surface area contributed by atoms with Crippen LogP contribution in [-0.2, 0) is 11.2 Å². The number of pyridine rings is 1. The van der Waals surface area contributed by atoms with Gasteiger partial charge >= 0.3 is 0 Å². The van der Waals surface area contributed by atoms with Gasteiger partial charge in [-0.2, -0.15) is 0 Å². The van der Waals surface area contributed by atoms with Crippen LogP contribution in [0.3, 0.4) is 0 Å². The van der Waals surface area contributed by atoms with E-state index in [0.29, 0.717) is 40.1 Å². The molecule has 3 heterocycles. The molecule has 0 aliphatic heterocycles. The lowest BCUT2D eigenvalue weighted by molar-refractivity contribution is -0.117. The zero-order valence-corrected chi connectivity index (χ0v) is 19.6. The minimum absolute atomic E-state index is 0.139. The topological polar surface area (TPSA) is 140 Å². The van der Waals surface area contributed by atoms with Crippen LogP contribution < -0.4 is 10.9 Å². The quantitative estimate of drug-likeness (QED) is 0.214. The van der Waals surface area contributed by atoms with Gasteiger partial charge in [0.15, 0.2) is 0 Å². The van der Waals surface area contributed by atoms with E-state index in [1.165, 1.54) is 12.4 Å². The van der Waals surface area contributed by atoms with Gasteiger partial charge in [-0.3, -0.25) is 9.59 Å². The number of carbonyl (C=O) groups is 1. The van der Waals surface area contributed by atoms with Gasteiger partial charge in [0.25, 0.3) is 5.56 Å². The van der Waals surface area contributed by atoms with Crippen molar-refractivity contribution < 1.29 is 9.90 Å². The van der Waals surface area contributed by atoms with Crippen LogP contribution in [0.4, 0.5) is 0 Å². The molecule has 2 aromatic carbocycles. The summed E-state index contributed by atoms with van der Waals surface area (Å²) in [6.07, 6.45) is 6.67. The summed E-state index contributed by atoms with van der Waals surface area (Å²) >= 11 is 6.56. The summed E-state index contributed by atoms with van der Waals surface area (Å²) in [5.41, 5.74) is 2.51. The molecular weight excluding hydrogens is 480 g/mol. The molecule has 0 aliphatic carbocycles. The molecular formula is C26H21ClN6O3. The SMILES string of the molecule is O=C(/C=C/c1c[nH]cn1)NC(Cc1ccccc1)c1nc(-c2cccc3c(O)cc(=O)[nH]c23)c(Cl)[nH]1. The fourth-order valence-corrected chi connectivity index (χ4v) is 4.22. The molecule has 5 rings (SSSR count). The minimum Gasteiger partial charge on any atom is -0.507 e. The molecule has 10 heteroatoms. The number of nitrogens with one attached hydrogen (secondary N) is 4. The van der Waals surface area contributed by atoms with E-state index in [1.54, 1.807) is 30.5 Å². The second kappa shape index (κ2) is 9.93. The van der Waals surface area contributed by atoms with Gasteiger partial charge in [0.1, 0.15) is 22.4 Å². The van der Waals surface area contributed by atoms with Gasteiger partial charge in [0, 0.05) is 29.3 Å². The molecule has 0 fully saturated rings. The lowest BCUT2D eigenvalue weighted by atomic mass is 10.1. The Morgan fingerprint density at radius 2 is 1.97 bits per heavy atom. The van der Waals surface area contributed by atoms with Gasteiger partial charge in [-0.25, -0.2) is 9.97 Å². The first-order valence-corrected chi connectivity index (χ1v) is 11.5. The monoisotopic (exact) mass is 500 g/mol. The lowest BCUT2D eigenvalue weighted by Crippen LogP contribution is -2.29. The molecule has 0 radical (unpaired) electrons. The van der Waals surface area contributed by atoms with Gasteiger partial charge in [0.2, 0.25) is 5.91 Å². The Kier molecular flexibility index (Phi) is 6.38. The Hall–Kier alpha value is -4.63. The molecule has 36 heavy (non-hydrogen) atoms. The number of benzene rings is 2. The first-order valence-electron chi connectivity index (χ1n) is 11.1. The fourth-order valence-electron chi connectivity index (χ4n) is 3.98. The summed E-state index contributed by atoms with van der Waals surface area (Å²) in [5.74, 6) is -0.0207. The number of amides is 1. The number of fused-ring (bicyclic) bond motifs is 1. The second-order valence-corrected chi connectivity index (χ2v) is 8.49. The van der Waals surface area contributed by atoms with Crippen molar-refractivity contribution in [3.8, 4) is 17.0 Å². The summed E-state index contributed by atoms with van der Waals surface area (Å²) in [7, 11) is 0. The van der Waals surface area contributed by atoms with E-state index >= 15 is 0 Å². The molecule has 180 valence electrons. The van der Waals surface area contributed by atoms with Crippen molar-refractivity contribution in [1.29, 1.82) is 0 Å². The Bertz CT molecular complexity index is 1610. The van der Waals surface area contributed by atoms with Crippen molar-refractivity contribution in [3.63, 3.8) is 0 Å². The van der Waals surface area contributed by atoms with Crippen molar-refractivity contribution >= 4 is 34.5 Å². The normalized spacial score (nSPS) is 12.2. The van der Waals surface area contributed by atoms with E-state index in [9.17, 15) is 14.7 Å². The van der Waals surface area contributed by atoms with Crippen molar-refractivity contribution in [3.05, 3.63) is 106 Å². The summed E-state index contributed by atoms with van der Waals surface area (Å²) < 4.78 is 0. The highest BCUT2D eigenvalue weighted by Gasteiger charge is 2.22. The van der Waals surface area contributed by atoms with Crippen molar-refractivity contribution in [2.75, 3.05) is 0 Å². The third-order valence-corrected chi connectivity index (χ3v) is 5.92. The van der Waals surface area contributed by atoms with Gasteiger partial charge in [-0.05, 0) is 24.1 Å². The van der Waals surface area contributed by atoms with Crippen molar-refractivity contribution in [2.24, 2.45) is 0 Å². The van der Waals surface area contributed by atoms with Crippen LogP contribution in [0, 0.1) is 0 Å². The van der Waals surface area contributed by atoms with Crippen molar-refractivity contribution in [2.45, 2.75) is 12.5 Å². The molecule has 0 spiro atoms. The number of aromatic hydroxyl groups is 1. The van der Waals surface area contributed by atoms with E-state index in [-0.39, 0.29) is 16.8 Å².